The van der Waals surface area contributed by atoms with Crippen LogP contribution in [0.2, 0.25) is 0 Å². The molecule has 0 radical (unpaired) electrons. The Morgan fingerprint density at radius 1 is 1.05 bits per heavy atom. The van der Waals surface area contributed by atoms with Gasteiger partial charge in [0, 0.05) is 5.56 Å². The predicted octanol–water partition coefficient (Wildman–Crippen LogP) is 3.78. The van der Waals surface area contributed by atoms with Crippen LogP contribution in [0.1, 0.15) is 19.4 Å². The summed E-state index contributed by atoms with van der Waals surface area (Å²) in [5.74, 6) is 0.879. The minimum atomic E-state index is 0.184. The van der Waals surface area contributed by atoms with Crippen molar-refractivity contribution in [1.29, 1.82) is 0 Å². The second kappa shape index (κ2) is 5.85. The van der Waals surface area contributed by atoms with Gasteiger partial charge < -0.3 is 10.5 Å². The van der Waals surface area contributed by atoms with Crippen molar-refractivity contribution in [2.75, 3.05) is 0 Å². The van der Waals surface area contributed by atoms with Crippen LogP contribution in [0.5, 0.6) is 5.75 Å². The molecule has 2 aromatic rings. The maximum atomic E-state index is 5.65. The monoisotopic (exact) mass is 271 g/mol. The molecule has 0 saturated carbocycles. The highest BCUT2D eigenvalue weighted by atomic mass is 32.1. The average Bonchev–Trinajstić information content (AvgIpc) is 2.39. The molecular formula is C16H17NOS. The van der Waals surface area contributed by atoms with Gasteiger partial charge in [-0.15, -0.1) is 0 Å². The number of hydrogen-bond donors (Lipinski definition) is 1. The van der Waals surface area contributed by atoms with Crippen molar-refractivity contribution < 1.29 is 4.74 Å². The minimum Gasteiger partial charge on any atom is -0.491 e. The van der Waals surface area contributed by atoms with E-state index in [1.807, 2.05) is 62.4 Å². The van der Waals surface area contributed by atoms with Crippen molar-refractivity contribution in [2.45, 2.75) is 20.0 Å². The van der Waals surface area contributed by atoms with E-state index in [0.717, 1.165) is 22.4 Å². The number of hydrogen-bond acceptors (Lipinski definition) is 2. The van der Waals surface area contributed by atoms with E-state index in [1.165, 1.54) is 0 Å². The van der Waals surface area contributed by atoms with Gasteiger partial charge in [-0.1, -0.05) is 42.5 Å². The molecule has 19 heavy (non-hydrogen) atoms. The van der Waals surface area contributed by atoms with Crippen LogP contribution in [0.25, 0.3) is 11.1 Å². The van der Waals surface area contributed by atoms with Gasteiger partial charge in [-0.05, 0) is 43.2 Å². The maximum absolute atomic E-state index is 5.65. The van der Waals surface area contributed by atoms with Crippen LogP contribution in [0.15, 0.2) is 48.5 Å². The Morgan fingerprint density at radius 2 is 1.74 bits per heavy atom. The summed E-state index contributed by atoms with van der Waals surface area (Å²) < 4.78 is 5.63. The lowest BCUT2D eigenvalue weighted by molar-refractivity contribution is 0.242. The lowest BCUT2D eigenvalue weighted by Crippen LogP contribution is -2.08. The molecule has 0 bridgehead atoms. The van der Waals surface area contributed by atoms with Crippen molar-refractivity contribution in [2.24, 2.45) is 5.73 Å². The first-order valence-electron chi connectivity index (χ1n) is 6.23. The summed E-state index contributed by atoms with van der Waals surface area (Å²) in [6.07, 6.45) is 0.184. The molecule has 3 heteroatoms. The second-order valence-electron chi connectivity index (χ2n) is 4.64. The smallest absolute Gasteiger partial charge is 0.119 e. The summed E-state index contributed by atoms with van der Waals surface area (Å²) in [4.78, 5) is 0.418. The van der Waals surface area contributed by atoms with Gasteiger partial charge in [0.15, 0.2) is 0 Å². The van der Waals surface area contributed by atoms with E-state index < -0.39 is 0 Å². The SMILES string of the molecule is CC(C)Oc1ccc(-c2cccc(C(N)=S)c2)cc1. The predicted molar refractivity (Wildman–Crippen MR) is 83.5 cm³/mol. The second-order valence-corrected chi connectivity index (χ2v) is 5.08. The molecule has 0 aliphatic carbocycles. The van der Waals surface area contributed by atoms with E-state index in [1.54, 1.807) is 0 Å². The summed E-state index contributed by atoms with van der Waals surface area (Å²) >= 11 is 5.00. The highest BCUT2D eigenvalue weighted by Gasteiger charge is 2.02. The molecule has 2 aromatic carbocycles. The lowest BCUT2D eigenvalue weighted by Gasteiger charge is -2.10. The third kappa shape index (κ3) is 3.55. The summed E-state index contributed by atoms with van der Waals surface area (Å²) in [5, 5.41) is 0. The van der Waals surface area contributed by atoms with E-state index in [4.69, 9.17) is 22.7 Å². The fourth-order valence-electron chi connectivity index (χ4n) is 1.85. The van der Waals surface area contributed by atoms with E-state index in [9.17, 15) is 0 Å². The molecule has 0 unspecified atom stereocenters. The fraction of sp³-hybridized carbons (Fsp3) is 0.188. The van der Waals surface area contributed by atoms with Crippen molar-refractivity contribution in [3.05, 3.63) is 54.1 Å². The summed E-state index contributed by atoms with van der Waals surface area (Å²) in [6, 6.07) is 15.9. The first kappa shape index (κ1) is 13.6. The molecule has 0 heterocycles. The molecule has 0 aliphatic rings. The standard InChI is InChI=1S/C16H17NOS/c1-11(2)18-15-8-6-12(7-9-15)13-4-3-5-14(10-13)16(17)19/h3-11H,1-2H3,(H2,17,19). The van der Waals surface area contributed by atoms with Gasteiger partial charge >= 0.3 is 0 Å². The zero-order valence-corrected chi connectivity index (χ0v) is 11.9. The highest BCUT2D eigenvalue weighted by molar-refractivity contribution is 7.80. The molecule has 0 atom stereocenters. The topological polar surface area (TPSA) is 35.2 Å². The molecule has 0 aromatic heterocycles. The number of ether oxygens (including phenoxy) is 1. The zero-order valence-electron chi connectivity index (χ0n) is 11.1. The van der Waals surface area contributed by atoms with Crippen LogP contribution in [0.4, 0.5) is 0 Å². The quantitative estimate of drug-likeness (QED) is 0.860. The van der Waals surface area contributed by atoms with Crippen LogP contribution < -0.4 is 10.5 Å². The molecule has 0 amide bonds. The Bertz CT molecular complexity index is 576. The van der Waals surface area contributed by atoms with Gasteiger partial charge in [-0.25, -0.2) is 0 Å². The van der Waals surface area contributed by atoms with E-state index >= 15 is 0 Å². The normalized spacial score (nSPS) is 10.5. The van der Waals surface area contributed by atoms with Crippen LogP contribution in [0, 0.1) is 0 Å². The van der Waals surface area contributed by atoms with Gasteiger partial charge in [-0.2, -0.15) is 0 Å². The van der Waals surface area contributed by atoms with Crippen LogP contribution in [-0.2, 0) is 0 Å². The van der Waals surface area contributed by atoms with Crippen molar-refractivity contribution in [3.63, 3.8) is 0 Å². The fourth-order valence-corrected chi connectivity index (χ4v) is 1.98. The third-order valence-corrected chi connectivity index (χ3v) is 2.94. The molecule has 2 nitrogen and oxygen atoms in total. The first-order valence-corrected chi connectivity index (χ1v) is 6.64. The molecule has 2 N–H and O–H groups in total. The number of rotatable bonds is 4. The Kier molecular flexibility index (Phi) is 4.17. The summed E-state index contributed by atoms with van der Waals surface area (Å²) in [7, 11) is 0. The Morgan fingerprint density at radius 3 is 2.32 bits per heavy atom. The van der Waals surface area contributed by atoms with Crippen molar-refractivity contribution in [3.8, 4) is 16.9 Å². The highest BCUT2D eigenvalue weighted by Crippen LogP contribution is 2.23. The molecule has 98 valence electrons. The largest absolute Gasteiger partial charge is 0.491 e. The Labute approximate surface area is 119 Å². The van der Waals surface area contributed by atoms with Gasteiger partial charge in [-0.3, -0.25) is 0 Å². The third-order valence-electron chi connectivity index (χ3n) is 2.71. The number of thiocarbonyl (C=S) groups is 1. The van der Waals surface area contributed by atoms with Gasteiger partial charge in [0.05, 0.1) is 6.10 Å². The molecule has 0 saturated heterocycles. The Balaban J connectivity index is 2.27. The Hall–Kier alpha value is -1.87. The van der Waals surface area contributed by atoms with Crippen LogP contribution in [0.3, 0.4) is 0 Å². The molecule has 2 rings (SSSR count). The van der Waals surface area contributed by atoms with E-state index in [0.29, 0.717) is 4.99 Å². The lowest BCUT2D eigenvalue weighted by atomic mass is 10.0. The first-order chi connectivity index (χ1) is 9.06. The van der Waals surface area contributed by atoms with Crippen LogP contribution in [-0.4, -0.2) is 11.1 Å². The summed E-state index contributed by atoms with van der Waals surface area (Å²) in [5.41, 5.74) is 8.75. The minimum absolute atomic E-state index is 0.184. The molecular weight excluding hydrogens is 254 g/mol. The molecule has 0 fully saturated rings. The number of benzene rings is 2. The average molecular weight is 271 g/mol. The van der Waals surface area contributed by atoms with E-state index in [-0.39, 0.29) is 6.10 Å². The van der Waals surface area contributed by atoms with Gasteiger partial charge in [0.25, 0.3) is 0 Å². The molecule has 0 spiro atoms. The summed E-state index contributed by atoms with van der Waals surface area (Å²) in [6.45, 7) is 4.03. The van der Waals surface area contributed by atoms with Crippen molar-refractivity contribution in [1.82, 2.24) is 0 Å². The van der Waals surface area contributed by atoms with Gasteiger partial charge in [0.1, 0.15) is 10.7 Å². The molecule has 0 aliphatic heterocycles. The van der Waals surface area contributed by atoms with E-state index in [2.05, 4.69) is 0 Å². The van der Waals surface area contributed by atoms with Crippen LogP contribution >= 0.6 is 12.2 Å². The number of nitrogens with two attached hydrogens (primary N) is 1. The van der Waals surface area contributed by atoms with Gasteiger partial charge in [0.2, 0.25) is 0 Å². The maximum Gasteiger partial charge on any atom is 0.119 e. The van der Waals surface area contributed by atoms with Crippen molar-refractivity contribution >= 4 is 17.2 Å². The zero-order chi connectivity index (χ0) is 13.8.